The molecule has 0 aliphatic carbocycles. The van der Waals surface area contributed by atoms with Crippen LogP contribution in [0.4, 0.5) is 0 Å². The fourth-order valence-electron chi connectivity index (χ4n) is 0.541. The van der Waals surface area contributed by atoms with Gasteiger partial charge < -0.3 is 4.74 Å². The van der Waals surface area contributed by atoms with E-state index in [1.165, 1.54) is 0 Å². The highest BCUT2D eigenvalue weighted by molar-refractivity contribution is 14.1. The van der Waals surface area contributed by atoms with Crippen molar-refractivity contribution in [2.75, 3.05) is 11.0 Å². The molecule has 0 saturated heterocycles. The average Bonchev–Trinajstić information content (AvgIpc) is 2.10. The molecule has 0 spiro atoms. The molecular weight excluding hydrogens is 265 g/mol. The number of halogens is 1. The van der Waals surface area contributed by atoms with Gasteiger partial charge in [0, 0.05) is 0 Å². The molecule has 2 nitrogen and oxygen atoms in total. The maximum absolute atomic E-state index is 8.42. The molecule has 0 fully saturated rings. The first-order valence-corrected chi connectivity index (χ1v) is 5.22. The van der Waals surface area contributed by atoms with Gasteiger partial charge in [-0.25, -0.2) is 0 Å². The molecule has 0 amide bonds. The zero-order valence-corrected chi connectivity index (χ0v) is 9.13. The smallest absolute Gasteiger partial charge is 0.129 e. The molecule has 66 valence electrons. The Morgan fingerprint density at radius 2 is 2.08 bits per heavy atom. The van der Waals surface area contributed by atoms with Crippen LogP contribution < -0.4 is 0 Å². The van der Waals surface area contributed by atoms with Gasteiger partial charge in [0.15, 0.2) is 0 Å². The van der Waals surface area contributed by atoms with Crippen LogP contribution in [0.5, 0.6) is 0 Å². The summed E-state index contributed by atoms with van der Waals surface area (Å²) < 4.78 is 6.31. The molecule has 3 heteroatoms. The van der Waals surface area contributed by atoms with Crippen molar-refractivity contribution in [2.45, 2.75) is 12.8 Å². The van der Waals surface area contributed by atoms with Gasteiger partial charge in [-0.15, -0.1) is 0 Å². The molecule has 0 aromatic carbocycles. The SMILES string of the molecule is C=C(C#N)C(=C)OCCCCI. The van der Waals surface area contributed by atoms with Crippen molar-refractivity contribution >= 4 is 22.6 Å². The van der Waals surface area contributed by atoms with E-state index in [0.29, 0.717) is 17.9 Å². The molecular formula is C9H12INO. The standard InChI is InChI=1S/C9H12INO/c1-8(7-11)9(2)12-6-4-3-5-10/h1-6H2. The summed E-state index contributed by atoms with van der Waals surface area (Å²) >= 11 is 2.32. The van der Waals surface area contributed by atoms with Crippen LogP contribution >= 0.6 is 22.6 Å². The molecule has 0 aromatic heterocycles. The van der Waals surface area contributed by atoms with Crippen LogP contribution in [-0.4, -0.2) is 11.0 Å². The summed E-state index contributed by atoms with van der Waals surface area (Å²) in [6, 6.07) is 1.89. The molecule has 0 N–H and O–H groups in total. The van der Waals surface area contributed by atoms with Crippen LogP contribution in [0, 0.1) is 11.3 Å². The van der Waals surface area contributed by atoms with Gasteiger partial charge in [0.05, 0.1) is 12.2 Å². The normalized spacial score (nSPS) is 8.67. The summed E-state index contributed by atoms with van der Waals surface area (Å²) in [7, 11) is 0. The Labute approximate surface area is 87.0 Å². The highest BCUT2D eigenvalue weighted by Gasteiger charge is 1.98. The van der Waals surface area contributed by atoms with Crippen molar-refractivity contribution in [3.63, 3.8) is 0 Å². The number of unbranched alkanes of at least 4 members (excludes halogenated alkanes) is 1. The minimum absolute atomic E-state index is 0.310. The molecule has 0 heterocycles. The van der Waals surface area contributed by atoms with E-state index in [1.807, 2.05) is 6.07 Å². The van der Waals surface area contributed by atoms with E-state index in [2.05, 4.69) is 35.7 Å². The first kappa shape index (κ1) is 11.5. The van der Waals surface area contributed by atoms with Gasteiger partial charge in [-0.3, -0.25) is 0 Å². The molecule has 0 atom stereocenters. The van der Waals surface area contributed by atoms with Crippen LogP contribution in [0.3, 0.4) is 0 Å². The van der Waals surface area contributed by atoms with Crippen molar-refractivity contribution in [1.29, 1.82) is 5.26 Å². The van der Waals surface area contributed by atoms with E-state index in [0.717, 1.165) is 17.3 Å². The van der Waals surface area contributed by atoms with Crippen molar-refractivity contribution < 1.29 is 4.74 Å². The summed E-state index contributed by atoms with van der Waals surface area (Å²) in [5, 5.41) is 8.42. The summed E-state index contributed by atoms with van der Waals surface area (Å²) in [5.41, 5.74) is 0.310. The van der Waals surface area contributed by atoms with Gasteiger partial charge in [0.2, 0.25) is 0 Å². The minimum atomic E-state index is 0.310. The van der Waals surface area contributed by atoms with Gasteiger partial charge in [0.25, 0.3) is 0 Å². The summed E-state index contributed by atoms with van der Waals surface area (Å²) in [5.74, 6) is 0.394. The van der Waals surface area contributed by atoms with Gasteiger partial charge >= 0.3 is 0 Å². The van der Waals surface area contributed by atoms with E-state index >= 15 is 0 Å². The first-order valence-electron chi connectivity index (χ1n) is 3.69. The predicted octanol–water partition coefficient (Wildman–Crippen LogP) is 2.81. The molecule has 0 saturated carbocycles. The number of nitriles is 1. The largest absolute Gasteiger partial charge is 0.493 e. The zero-order chi connectivity index (χ0) is 9.40. The molecule has 0 aliphatic heterocycles. The van der Waals surface area contributed by atoms with Crippen molar-refractivity contribution in [2.24, 2.45) is 0 Å². The van der Waals surface area contributed by atoms with E-state index in [9.17, 15) is 0 Å². The minimum Gasteiger partial charge on any atom is -0.493 e. The lowest BCUT2D eigenvalue weighted by atomic mass is 10.3. The second kappa shape index (κ2) is 7.17. The number of allylic oxidation sites excluding steroid dienone is 1. The number of alkyl halides is 1. The van der Waals surface area contributed by atoms with E-state index in [-0.39, 0.29) is 0 Å². The Kier molecular flexibility index (Phi) is 6.87. The first-order chi connectivity index (χ1) is 5.72. The Morgan fingerprint density at radius 3 is 2.58 bits per heavy atom. The van der Waals surface area contributed by atoms with Gasteiger partial charge in [0.1, 0.15) is 11.8 Å². The summed E-state index contributed by atoms with van der Waals surface area (Å²) in [4.78, 5) is 0. The van der Waals surface area contributed by atoms with Crippen LogP contribution in [0.15, 0.2) is 24.5 Å². The van der Waals surface area contributed by atoms with Crippen molar-refractivity contribution in [1.82, 2.24) is 0 Å². The van der Waals surface area contributed by atoms with Crippen LogP contribution in [0.25, 0.3) is 0 Å². The summed E-state index contributed by atoms with van der Waals surface area (Å²) in [6.45, 7) is 7.69. The average molecular weight is 277 g/mol. The highest BCUT2D eigenvalue weighted by Crippen LogP contribution is 2.06. The molecule has 0 radical (unpaired) electrons. The fourth-order valence-corrected chi connectivity index (χ4v) is 1.08. The topological polar surface area (TPSA) is 33.0 Å². The third-order valence-corrected chi connectivity index (χ3v) is 2.04. The molecule has 0 unspecified atom stereocenters. The number of hydrogen-bond acceptors (Lipinski definition) is 2. The summed E-state index contributed by atoms with van der Waals surface area (Å²) in [6.07, 6.45) is 2.13. The van der Waals surface area contributed by atoms with Gasteiger partial charge in [-0.05, 0) is 17.3 Å². The second-order valence-electron chi connectivity index (χ2n) is 2.26. The molecule has 12 heavy (non-hydrogen) atoms. The fraction of sp³-hybridized carbons (Fsp3) is 0.444. The Balaban J connectivity index is 3.46. The second-order valence-corrected chi connectivity index (χ2v) is 3.34. The lowest BCUT2D eigenvalue weighted by molar-refractivity contribution is 0.219. The van der Waals surface area contributed by atoms with Gasteiger partial charge in [-0.2, -0.15) is 5.26 Å². The maximum atomic E-state index is 8.42. The van der Waals surface area contributed by atoms with E-state index in [4.69, 9.17) is 10.00 Å². The third kappa shape index (κ3) is 5.19. The number of nitrogens with zero attached hydrogens (tertiary/aromatic N) is 1. The quantitative estimate of drug-likeness (QED) is 0.187. The van der Waals surface area contributed by atoms with Crippen molar-refractivity contribution in [3.8, 4) is 6.07 Å². The number of ether oxygens (including phenoxy) is 1. The van der Waals surface area contributed by atoms with E-state index < -0.39 is 0 Å². The van der Waals surface area contributed by atoms with Crippen LogP contribution in [0.2, 0.25) is 0 Å². The van der Waals surface area contributed by atoms with Crippen molar-refractivity contribution in [3.05, 3.63) is 24.5 Å². The molecule has 0 aromatic rings. The maximum Gasteiger partial charge on any atom is 0.129 e. The molecule has 0 bridgehead atoms. The van der Waals surface area contributed by atoms with E-state index in [1.54, 1.807) is 0 Å². The van der Waals surface area contributed by atoms with Crippen LogP contribution in [-0.2, 0) is 4.74 Å². The predicted molar refractivity (Wildman–Crippen MR) is 58.0 cm³/mol. The third-order valence-electron chi connectivity index (χ3n) is 1.28. The monoisotopic (exact) mass is 277 g/mol. The lowest BCUT2D eigenvalue weighted by Crippen LogP contribution is -1.95. The molecule has 0 aliphatic rings. The Bertz CT molecular complexity index is 205. The Hall–Kier alpha value is -0.500. The molecule has 0 rings (SSSR count). The highest BCUT2D eigenvalue weighted by atomic mass is 127. The number of rotatable bonds is 6. The number of hydrogen-bond donors (Lipinski definition) is 0. The lowest BCUT2D eigenvalue weighted by Gasteiger charge is -2.05. The van der Waals surface area contributed by atoms with Crippen LogP contribution in [0.1, 0.15) is 12.8 Å². The van der Waals surface area contributed by atoms with Gasteiger partial charge in [-0.1, -0.05) is 35.7 Å². The Morgan fingerprint density at radius 1 is 1.42 bits per heavy atom. The zero-order valence-electron chi connectivity index (χ0n) is 6.98.